The zero-order chi connectivity index (χ0) is 13.9. The Hall–Kier alpha value is -1.69. The van der Waals surface area contributed by atoms with Crippen LogP contribution in [0.15, 0.2) is 6.07 Å². The highest BCUT2D eigenvalue weighted by Crippen LogP contribution is 2.19. The molecule has 98 valence electrons. The molecule has 4 N–H and O–H groups in total. The third-order valence-electron chi connectivity index (χ3n) is 2.58. The first kappa shape index (κ1) is 14.4. The van der Waals surface area contributed by atoms with Gasteiger partial charge in [0.15, 0.2) is 0 Å². The average molecular weight is 266 g/mol. The highest BCUT2D eigenvalue weighted by atomic mass is 32.1. The summed E-state index contributed by atoms with van der Waals surface area (Å²) in [6.45, 7) is 5.55. The maximum atomic E-state index is 11.5. The fraction of sp³-hybridized carbons (Fsp3) is 0.417. The normalized spacial score (nSPS) is 11.8. The monoisotopic (exact) mass is 266 g/mol. The lowest BCUT2D eigenvalue weighted by molar-refractivity contribution is -0.121. The van der Waals surface area contributed by atoms with Crippen LogP contribution in [0.4, 0.5) is 5.82 Å². The van der Waals surface area contributed by atoms with Crippen molar-refractivity contribution in [3.63, 3.8) is 0 Å². The minimum atomic E-state index is -0.406. The van der Waals surface area contributed by atoms with Crippen molar-refractivity contribution in [1.82, 2.24) is 10.3 Å². The summed E-state index contributed by atoms with van der Waals surface area (Å²) < 4.78 is 0. The van der Waals surface area contributed by atoms with Crippen molar-refractivity contribution < 1.29 is 4.79 Å². The molecule has 1 heterocycles. The lowest BCUT2D eigenvalue weighted by Gasteiger charge is -2.17. The van der Waals surface area contributed by atoms with Gasteiger partial charge in [-0.05, 0) is 32.4 Å². The van der Waals surface area contributed by atoms with E-state index in [0.29, 0.717) is 11.4 Å². The lowest BCUT2D eigenvalue weighted by atomic mass is 10.1. The first-order valence-electron chi connectivity index (χ1n) is 5.63. The number of rotatable bonds is 4. The Labute approximate surface area is 112 Å². The molecule has 1 rings (SSSR count). The molecule has 0 aliphatic heterocycles. The summed E-state index contributed by atoms with van der Waals surface area (Å²) in [5.41, 5.74) is 8.18. The highest BCUT2D eigenvalue weighted by Gasteiger charge is 2.16. The first-order valence-corrected chi connectivity index (χ1v) is 6.03. The smallest absolute Gasteiger partial charge is 0.241 e. The molecule has 1 amide bonds. The second kappa shape index (κ2) is 5.77. The summed E-state index contributed by atoms with van der Waals surface area (Å²) in [4.78, 5) is 16.1. The number of thiocarbonyl (C=S) groups is 1. The number of carbonyl (C=O) groups excluding carboxylic acids is 1. The van der Waals surface area contributed by atoms with Gasteiger partial charge in [-0.25, -0.2) is 4.98 Å². The molecule has 0 saturated heterocycles. The maximum Gasteiger partial charge on any atom is 0.241 e. The molecule has 0 saturated carbocycles. The third-order valence-corrected chi connectivity index (χ3v) is 2.79. The van der Waals surface area contributed by atoms with Crippen molar-refractivity contribution in [2.45, 2.75) is 26.8 Å². The molecule has 0 bridgehead atoms. The van der Waals surface area contributed by atoms with Crippen LogP contribution in [0, 0.1) is 13.8 Å². The van der Waals surface area contributed by atoms with Gasteiger partial charge in [0.2, 0.25) is 5.91 Å². The minimum absolute atomic E-state index is 0.121. The van der Waals surface area contributed by atoms with E-state index in [2.05, 4.69) is 15.6 Å². The molecule has 0 fully saturated rings. The number of nitrogens with zero attached hydrogens (tertiary/aromatic N) is 1. The van der Waals surface area contributed by atoms with Crippen molar-refractivity contribution in [3.8, 4) is 0 Å². The number of aryl methyl sites for hydroxylation is 2. The maximum absolute atomic E-state index is 11.5. The van der Waals surface area contributed by atoms with Gasteiger partial charge >= 0.3 is 0 Å². The van der Waals surface area contributed by atoms with E-state index in [1.807, 2.05) is 19.9 Å². The number of carbonyl (C=O) groups is 1. The molecule has 0 radical (unpaired) electrons. The van der Waals surface area contributed by atoms with Crippen LogP contribution in [0.25, 0.3) is 0 Å². The molecular formula is C12H18N4OS. The van der Waals surface area contributed by atoms with Crippen LogP contribution in [-0.2, 0) is 4.79 Å². The van der Waals surface area contributed by atoms with Crippen molar-refractivity contribution >= 4 is 28.9 Å². The fourth-order valence-electron chi connectivity index (χ4n) is 1.74. The van der Waals surface area contributed by atoms with E-state index in [4.69, 9.17) is 18.0 Å². The van der Waals surface area contributed by atoms with Crippen LogP contribution in [0.2, 0.25) is 0 Å². The van der Waals surface area contributed by atoms with Gasteiger partial charge in [0.05, 0.1) is 5.56 Å². The zero-order valence-corrected chi connectivity index (χ0v) is 11.8. The second-order valence-corrected chi connectivity index (χ2v) is 4.59. The summed E-state index contributed by atoms with van der Waals surface area (Å²) in [7, 11) is 1.59. The molecule has 1 aromatic rings. The van der Waals surface area contributed by atoms with Crippen LogP contribution in [0.1, 0.15) is 23.7 Å². The Kier molecular flexibility index (Phi) is 4.61. The number of hydrogen-bond acceptors (Lipinski definition) is 4. The third kappa shape index (κ3) is 3.16. The summed E-state index contributed by atoms with van der Waals surface area (Å²) in [6.07, 6.45) is 0. The van der Waals surface area contributed by atoms with Crippen molar-refractivity contribution in [3.05, 3.63) is 22.9 Å². The Morgan fingerprint density at radius 1 is 1.50 bits per heavy atom. The quantitative estimate of drug-likeness (QED) is 0.705. The van der Waals surface area contributed by atoms with Crippen LogP contribution in [0.3, 0.4) is 0 Å². The summed E-state index contributed by atoms with van der Waals surface area (Å²) >= 11 is 5.02. The van der Waals surface area contributed by atoms with Crippen LogP contribution in [-0.4, -0.2) is 29.0 Å². The Balaban J connectivity index is 3.15. The van der Waals surface area contributed by atoms with Gasteiger partial charge in [-0.3, -0.25) is 4.79 Å². The van der Waals surface area contributed by atoms with E-state index in [1.165, 1.54) is 0 Å². The van der Waals surface area contributed by atoms with Gasteiger partial charge in [0, 0.05) is 12.7 Å². The Morgan fingerprint density at radius 3 is 2.61 bits per heavy atom. The molecule has 5 nitrogen and oxygen atoms in total. The number of nitrogens with one attached hydrogen (secondary N) is 2. The number of likely N-dealkylation sites (N-methyl/N-ethyl adjacent to an activating group) is 1. The molecule has 18 heavy (non-hydrogen) atoms. The van der Waals surface area contributed by atoms with E-state index in [0.717, 1.165) is 11.3 Å². The predicted octanol–water partition coefficient (Wildman–Crippen LogP) is 0.879. The zero-order valence-electron chi connectivity index (χ0n) is 11.0. The van der Waals surface area contributed by atoms with E-state index < -0.39 is 6.04 Å². The van der Waals surface area contributed by atoms with Crippen LogP contribution in [0.5, 0.6) is 0 Å². The molecular weight excluding hydrogens is 248 g/mol. The van der Waals surface area contributed by atoms with E-state index in [-0.39, 0.29) is 10.9 Å². The molecule has 0 spiro atoms. The van der Waals surface area contributed by atoms with Crippen molar-refractivity contribution in [1.29, 1.82) is 0 Å². The largest absolute Gasteiger partial charge is 0.389 e. The number of anilines is 1. The topological polar surface area (TPSA) is 80.0 Å². The highest BCUT2D eigenvalue weighted by molar-refractivity contribution is 7.80. The van der Waals surface area contributed by atoms with Gasteiger partial charge in [-0.2, -0.15) is 0 Å². The van der Waals surface area contributed by atoms with Gasteiger partial charge in [-0.15, -0.1) is 0 Å². The number of amides is 1. The fourth-order valence-corrected chi connectivity index (χ4v) is 2.00. The minimum Gasteiger partial charge on any atom is -0.389 e. The number of nitrogens with two attached hydrogens (primary N) is 1. The molecule has 0 aliphatic rings. The molecule has 0 aromatic carbocycles. The summed E-state index contributed by atoms with van der Waals surface area (Å²) in [5, 5.41) is 5.60. The van der Waals surface area contributed by atoms with Gasteiger partial charge < -0.3 is 16.4 Å². The van der Waals surface area contributed by atoms with Crippen molar-refractivity contribution in [2.75, 3.05) is 12.4 Å². The van der Waals surface area contributed by atoms with Gasteiger partial charge in [-0.1, -0.05) is 12.2 Å². The number of pyridine rings is 1. The predicted molar refractivity (Wildman–Crippen MR) is 76.7 cm³/mol. The first-order chi connectivity index (χ1) is 8.36. The van der Waals surface area contributed by atoms with Crippen LogP contribution < -0.4 is 16.4 Å². The van der Waals surface area contributed by atoms with Crippen LogP contribution >= 0.6 is 12.2 Å². The summed E-state index contributed by atoms with van der Waals surface area (Å²) in [6, 6.07) is 1.50. The number of hydrogen-bond donors (Lipinski definition) is 3. The Bertz CT molecular complexity index is 487. The molecule has 6 heteroatoms. The Morgan fingerprint density at radius 2 is 2.11 bits per heavy atom. The lowest BCUT2D eigenvalue weighted by Crippen LogP contribution is -2.36. The van der Waals surface area contributed by atoms with E-state index >= 15 is 0 Å². The molecule has 1 unspecified atom stereocenters. The molecule has 1 aromatic heterocycles. The average Bonchev–Trinajstić information content (AvgIpc) is 2.26. The molecule has 1 atom stereocenters. The second-order valence-electron chi connectivity index (χ2n) is 4.15. The SMILES string of the molecule is CNC(=O)C(C)Nc1nc(C)cc(C)c1C(N)=S. The summed E-state index contributed by atoms with van der Waals surface area (Å²) in [5.74, 6) is 0.431. The molecule has 0 aliphatic carbocycles. The standard InChI is InChI=1S/C12H18N4OS/c1-6-5-7(2)15-11(9(6)10(13)18)16-8(3)12(17)14-4/h5,8H,1-4H3,(H2,13,18)(H,14,17)(H,15,16). The van der Waals surface area contributed by atoms with Crippen molar-refractivity contribution in [2.24, 2.45) is 5.73 Å². The van der Waals surface area contributed by atoms with Gasteiger partial charge in [0.1, 0.15) is 16.8 Å². The number of aromatic nitrogens is 1. The van der Waals surface area contributed by atoms with E-state index in [1.54, 1.807) is 14.0 Å². The van der Waals surface area contributed by atoms with Gasteiger partial charge in [0.25, 0.3) is 0 Å². The van der Waals surface area contributed by atoms with E-state index in [9.17, 15) is 4.79 Å².